The Labute approximate surface area is 51.0 Å². The standard InChI is InChI=1S/C6H15NO/c1-4-8-6(2,3)5-7/h4-5,7H2,1-3H3. The summed E-state index contributed by atoms with van der Waals surface area (Å²) in [4.78, 5) is 0. The molecule has 0 aromatic rings. The van der Waals surface area contributed by atoms with E-state index in [4.69, 9.17) is 10.5 Å². The lowest BCUT2D eigenvalue weighted by molar-refractivity contribution is -0.00250. The molecule has 2 heteroatoms. The molecule has 8 heavy (non-hydrogen) atoms. The average molecular weight is 117 g/mol. The molecule has 0 rings (SSSR count). The molecule has 0 aliphatic rings. The van der Waals surface area contributed by atoms with E-state index in [0.717, 1.165) is 6.61 Å². The van der Waals surface area contributed by atoms with Gasteiger partial charge in [0.2, 0.25) is 0 Å². The van der Waals surface area contributed by atoms with Crippen LogP contribution < -0.4 is 5.73 Å². The normalized spacial score (nSPS) is 12.0. The van der Waals surface area contributed by atoms with Gasteiger partial charge in [0.15, 0.2) is 0 Å². The fourth-order valence-electron chi connectivity index (χ4n) is 0.450. The van der Waals surface area contributed by atoms with Gasteiger partial charge in [-0.15, -0.1) is 0 Å². The van der Waals surface area contributed by atoms with E-state index in [0.29, 0.717) is 6.54 Å². The summed E-state index contributed by atoms with van der Waals surface area (Å²) in [6.07, 6.45) is 0. The Morgan fingerprint density at radius 1 is 1.50 bits per heavy atom. The maximum atomic E-state index is 5.37. The van der Waals surface area contributed by atoms with Crippen LogP contribution in [0.15, 0.2) is 0 Å². The first-order valence-corrected chi connectivity index (χ1v) is 2.96. The monoisotopic (exact) mass is 117 g/mol. The van der Waals surface area contributed by atoms with Crippen LogP contribution in [0, 0.1) is 0 Å². The largest absolute Gasteiger partial charge is 0.375 e. The first kappa shape index (κ1) is 7.92. The molecule has 0 bridgehead atoms. The molecule has 2 nitrogen and oxygen atoms in total. The van der Waals surface area contributed by atoms with E-state index < -0.39 is 0 Å². The smallest absolute Gasteiger partial charge is 0.0748 e. The molecule has 0 heterocycles. The summed E-state index contributed by atoms with van der Waals surface area (Å²) in [7, 11) is 0. The second-order valence-corrected chi connectivity index (χ2v) is 2.40. The van der Waals surface area contributed by atoms with Gasteiger partial charge in [0.1, 0.15) is 0 Å². The van der Waals surface area contributed by atoms with Crippen LogP contribution in [0.1, 0.15) is 20.8 Å². The van der Waals surface area contributed by atoms with Gasteiger partial charge in [-0.1, -0.05) is 0 Å². The van der Waals surface area contributed by atoms with Gasteiger partial charge in [0.25, 0.3) is 0 Å². The van der Waals surface area contributed by atoms with Crippen molar-refractivity contribution < 1.29 is 4.74 Å². The van der Waals surface area contributed by atoms with Crippen molar-refractivity contribution in [2.45, 2.75) is 26.4 Å². The SMILES string of the molecule is CCOC(C)(C)CN. The number of hydrogen-bond acceptors (Lipinski definition) is 2. The first-order chi connectivity index (χ1) is 3.62. The number of ether oxygens (including phenoxy) is 1. The Morgan fingerprint density at radius 3 is 2.12 bits per heavy atom. The van der Waals surface area contributed by atoms with E-state index in [1.807, 2.05) is 20.8 Å². The predicted molar refractivity (Wildman–Crippen MR) is 34.8 cm³/mol. The summed E-state index contributed by atoms with van der Waals surface area (Å²) in [6.45, 7) is 7.26. The summed E-state index contributed by atoms with van der Waals surface area (Å²) in [5.41, 5.74) is 5.24. The predicted octanol–water partition coefficient (Wildman–Crippen LogP) is 0.760. The van der Waals surface area contributed by atoms with Crippen molar-refractivity contribution in [1.82, 2.24) is 0 Å². The Kier molecular flexibility index (Phi) is 3.02. The minimum Gasteiger partial charge on any atom is -0.375 e. The van der Waals surface area contributed by atoms with Gasteiger partial charge in [0, 0.05) is 13.2 Å². The van der Waals surface area contributed by atoms with E-state index in [2.05, 4.69) is 0 Å². The van der Waals surface area contributed by atoms with Crippen molar-refractivity contribution in [3.63, 3.8) is 0 Å². The van der Waals surface area contributed by atoms with E-state index in [1.54, 1.807) is 0 Å². The minimum atomic E-state index is -0.130. The van der Waals surface area contributed by atoms with Gasteiger partial charge < -0.3 is 10.5 Å². The third kappa shape index (κ3) is 2.99. The van der Waals surface area contributed by atoms with Crippen LogP contribution in [-0.2, 0) is 4.74 Å². The number of hydrogen-bond donors (Lipinski definition) is 1. The van der Waals surface area contributed by atoms with Crippen LogP contribution in [0.2, 0.25) is 0 Å². The van der Waals surface area contributed by atoms with Gasteiger partial charge in [-0.3, -0.25) is 0 Å². The molecule has 0 aliphatic carbocycles. The molecule has 0 fully saturated rings. The molecular formula is C6H15NO. The quantitative estimate of drug-likeness (QED) is 0.592. The summed E-state index contributed by atoms with van der Waals surface area (Å²) >= 11 is 0. The van der Waals surface area contributed by atoms with Crippen molar-refractivity contribution in [3.05, 3.63) is 0 Å². The van der Waals surface area contributed by atoms with Gasteiger partial charge in [0.05, 0.1) is 5.60 Å². The molecule has 0 aromatic carbocycles. The van der Waals surface area contributed by atoms with E-state index >= 15 is 0 Å². The molecule has 0 atom stereocenters. The first-order valence-electron chi connectivity index (χ1n) is 2.96. The molecule has 50 valence electrons. The molecule has 0 aromatic heterocycles. The van der Waals surface area contributed by atoms with Crippen molar-refractivity contribution in [1.29, 1.82) is 0 Å². The summed E-state index contributed by atoms with van der Waals surface area (Å²) < 4.78 is 5.25. The average Bonchev–Trinajstić information content (AvgIpc) is 1.67. The topological polar surface area (TPSA) is 35.2 Å². The zero-order chi connectivity index (χ0) is 6.62. The summed E-state index contributed by atoms with van der Waals surface area (Å²) in [5.74, 6) is 0. The van der Waals surface area contributed by atoms with Crippen LogP contribution in [-0.4, -0.2) is 18.8 Å². The molecule has 0 aliphatic heterocycles. The zero-order valence-electron chi connectivity index (χ0n) is 5.90. The highest BCUT2D eigenvalue weighted by atomic mass is 16.5. The van der Waals surface area contributed by atoms with Gasteiger partial charge in [-0.2, -0.15) is 0 Å². The molecule has 0 amide bonds. The van der Waals surface area contributed by atoms with Crippen LogP contribution >= 0.6 is 0 Å². The molecule has 2 N–H and O–H groups in total. The van der Waals surface area contributed by atoms with Crippen LogP contribution in [0.3, 0.4) is 0 Å². The molecule has 0 spiro atoms. The summed E-state index contributed by atoms with van der Waals surface area (Å²) in [5, 5.41) is 0. The van der Waals surface area contributed by atoms with Crippen LogP contribution in [0.5, 0.6) is 0 Å². The highest BCUT2D eigenvalue weighted by molar-refractivity contribution is 4.67. The molecule has 0 saturated carbocycles. The Hall–Kier alpha value is -0.0800. The number of nitrogens with two attached hydrogens (primary N) is 1. The minimum absolute atomic E-state index is 0.130. The van der Waals surface area contributed by atoms with Crippen LogP contribution in [0.4, 0.5) is 0 Å². The summed E-state index contributed by atoms with van der Waals surface area (Å²) in [6, 6.07) is 0. The third-order valence-corrected chi connectivity index (χ3v) is 1.03. The zero-order valence-corrected chi connectivity index (χ0v) is 5.90. The number of rotatable bonds is 3. The van der Waals surface area contributed by atoms with Crippen molar-refractivity contribution in [2.75, 3.05) is 13.2 Å². The van der Waals surface area contributed by atoms with Gasteiger partial charge in [-0.25, -0.2) is 0 Å². The third-order valence-electron chi connectivity index (χ3n) is 1.03. The fraction of sp³-hybridized carbons (Fsp3) is 1.00. The maximum absolute atomic E-state index is 5.37. The Morgan fingerprint density at radius 2 is 2.00 bits per heavy atom. The van der Waals surface area contributed by atoms with Crippen molar-refractivity contribution in [2.24, 2.45) is 5.73 Å². The highest BCUT2D eigenvalue weighted by Gasteiger charge is 2.13. The molecule has 0 saturated heterocycles. The lowest BCUT2D eigenvalue weighted by Gasteiger charge is -2.21. The highest BCUT2D eigenvalue weighted by Crippen LogP contribution is 2.04. The Bertz CT molecular complexity index is 61.5. The maximum Gasteiger partial charge on any atom is 0.0748 e. The van der Waals surface area contributed by atoms with Crippen molar-refractivity contribution >= 4 is 0 Å². The van der Waals surface area contributed by atoms with Crippen molar-refractivity contribution in [3.8, 4) is 0 Å². The second-order valence-electron chi connectivity index (χ2n) is 2.40. The van der Waals surface area contributed by atoms with Crippen LogP contribution in [0.25, 0.3) is 0 Å². The fourth-order valence-corrected chi connectivity index (χ4v) is 0.450. The molecule has 0 unspecified atom stereocenters. The lowest BCUT2D eigenvalue weighted by Crippen LogP contribution is -2.33. The Balaban J connectivity index is 3.37. The molecular weight excluding hydrogens is 102 g/mol. The molecule has 0 radical (unpaired) electrons. The lowest BCUT2D eigenvalue weighted by atomic mass is 10.1. The second kappa shape index (κ2) is 3.05. The van der Waals surface area contributed by atoms with E-state index in [-0.39, 0.29) is 5.60 Å². The van der Waals surface area contributed by atoms with Gasteiger partial charge in [-0.05, 0) is 20.8 Å². The van der Waals surface area contributed by atoms with E-state index in [9.17, 15) is 0 Å². The van der Waals surface area contributed by atoms with Gasteiger partial charge >= 0.3 is 0 Å². The van der Waals surface area contributed by atoms with E-state index in [1.165, 1.54) is 0 Å².